The van der Waals surface area contributed by atoms with Crippen LogP contribution in [0, 0.1) is 0 Å². The first-order valence-electron chi connectivity index (χ1n) is 5.70. The van der Waals surface area contributed by atoms with Crippen LogP contribution >= 0.6 is 11.3 Å². The van der Waals surface area contributed by atoms with Gasteiger partial charge in [0.2, 0.25) is 0 Å². The lowest BCUT2D eigenvalue weighted by Gasteiger charge is -2.02. The first-order chi connectivity index (χ1) is 8.88. The number of anilines is 1. The zero-order valence-corrected chi connectivity index (χ0v) is 10.5. The highest BCUT2D eigenvalue weighted by Crippen LogP contribution is 2.25. The third kappa shape index (κ3) is 1.91. The predicted octanol–water partition coefficient (Wildman–Crippen LogP) is 3.65. The molecule has 90 valence electrons. The van der Waals surface area contributed by atoms with Crippen LogP contribution in [-0.2, 0) is 6.54 Å². The van der Waals surface area contributed by atoms with Gasteiger partial charge >= 0.3 is 0 Å². The number of thiophene rings is 1. The minimum absolute atomic E-state index is 0.696. The summed E-state index contributed by atoms with van der Waals surface area (Å²) >= 11 is 1.70. The molecule has 2 aromatic heterocycles. The van der Waals surface area contributed by atoms with Gasteiger partial charge in [-0.2, -0.15) is 0 Å². The van der Waals surface area contributed by atoms with E-state index in [1.807, 2.05) is 35.7 Å². The number of nitrogens with one attached hydrogen (secondary N) is 2. The molecule has 2 N–H and O–H groups in total. The van der Waals surface area contributed by atoms with E-state index in [9.17, 15) is 4.79 Å². The number of hydrogen-bond acceptors (Lipinski definition) is 3. The Kier molecular flexibility index (Phi) is 2.86. The molecule has 2 heterocycles. The van der Waals surface area contributed by atoms with E-state index in [1.165, 1.54) is 4.88 Å². The van der Waals surface area contributed by atoms with E-state index in [1.54, 1.807) is 11.3 Å². The minimum atomic E-state index is 0.696. The number of rotatable bonds is 4. The van der Waals surface area contributed by atoms with Crippen molar-refractivity contribution in [2.45, 2.75) is 6.54 Å². The van der Waals surface area contributed by atoms with E-state index >= 15 is 0 Å². The lowest BCUT2D eigenvalue weighted by molar-refractivity contribution is 0.112. The van der Waals surface area contributed by atoms with Crippen LogP contribution in [0.15, 0.2) is 41.8 Å². The maximum absolute atomic E-state index is 11.2. The predicted molar refractivity (Wildman–Crippen MR) is 75.3 cm³/mol. The van der Waals surface area contributed by atoms with Crippen molar-refractivity contribution in [1.29, 1.82) is 0 Å². The molecule has 3 aromatic rings. The van der Waals surface area contributed by atoms with Gasteiger partial charge in [-0.1, -0.05) is 24.3 Å². The summed E-state index contributed by atoms with van der Waals surface area (Å²) < 4.78 is 0. The van der Waals surface area contributed by atoms with Gasteiger partial charge in [-0.05, 0) is 17.5 Å². The van der Waals surface area contributed by atoms with Gasteiger partial charge in [-0.3, -0.25) is 4.79 Å². The summed E-state index contributed by atoms with van der Waals surface area (Å²) in [6, 6.07) is 11.9. The summed E-state index contributed by atoms with van der Waals surface area (Å²) in [7, 11) is 0. The van der Waals surface area contributed by atoms with Gasteiger partial charge in [0.25, 0.3) is 0 Å². The highest BCUT2D eigenvalue weighted by Gasteiger charge is 2.09. The van der Waals surface area contributed by atoms with Crippen LogP contribution in [0.2, 0.25) is 0 Å². The SMILES string of the molecule is O=Cc1c(NCc2cccs2)[nH]c2ccccc12. The van der Waals surface area contributed by atoms with Crippen molar-refractivity contribution in [3.63, 3.8) is 0 Å². The van der Waals surface area contributed by atoms with Gasteiger partial charge in [0.05, 0.1) is 12.1 Å². The average Bonchev–Trinajstić information content (AvgIpc) is 3.03. The zero-order valence-electron chi connectivity index (χ0n) is 9.64. The van der Waals surface area contributed by atoms with Gasteiger partial charge in [0, 0.05) is 15.8 Å². The number of H-pyrrole nitrogens is 1. The molecule has 0 amide bonds. The van der Waals surface area contributed by atoms with Gasteiger partial charge in [-0.25, -0.2) is 0 Å². The lowest BCUT2D eigenvalue weighted by Crippen LogP contribution is -1.99. The van der Waals surface area contributed by atoms with Crippen LogP contribution in [0.5, 0.6) is 0 Å². The van der Waals surface area contributed by atoms with Crippen LogP contribution in [0.25, 0.3) is 10.9 Å². The second-order valence-electron chi connectivity index (χ2n) is 4.01. The van der Waals surface area contributed by atoms with E-state index in [2.05, 4.69) is 16.4 Å². The van der Waals surface area contributed by atoms with E-state index in [0.717, 1.165) is 29.6 Å². The summed E-state index contributed by atoms with van der Waals surface area (Å²) in [6.07, 6.45) is 0.898. The molecule has 1 aromatic carbocycles. The summed E-state index contributed by atoms with van der Waals surface area (Å²) in [5, 5.41) is 6.28. The molecular formula is C14H12N2OS. The molecule has 0 aliphatic carbocycles. The first-order valence-corrected chi connectivity index (χ1v) is 6.58. The maximum atomic E-state index is 11.2. The number of carbonyl (C=O) groups is 1. The summed E-state index contributed by atoms with van der Waals surface area (Å²) in [4.78, 5) is 15.7. The van der Waals surface area contributed by atoms with Crippen LogP contribution in [0.3, 0.4) is 0 Å². The van der Waals surface area contributed by atoms with Crippen molar-refractivity contribution in [2.24, 2.45) is 0 Å². The molecule has 3 rings (SSSR count). The van der Waals surface area contributed by atoms with Crippen molar-refractivity contribution in [2.75, 3.05) is 5.32 Å². The number of aromatic nitrogens is 1. The molecule has 0 bridgehead atoms. The second-order valence-corrected chi connectivity index (χ2v) is 5.04. The Hall–Kier alpha value is -2.07. The molecule has 0 saturated carbocycles. The van der Waals surface area contributed by atoms with Gasteiger partial charge in [0.15, 0.2) is 6.29 Å². The number of aldehydes is 1. The molecular weight excluding hydrogens is 244 g/mol. The molecule has 3 nitrogen and oxygen atoms in total. The molecule has 0 saturated heterocycles. The summed E-state index contributed by atoms with van der Waals surface area (Å²) in [5.41, 5.74) is 1.68. The van der Waals surface area contributed by atoms with Crippen molar-refractivity contribution in [3.8, 4) is 0 Å². The van der Waals surface area contributed by atoms with E-state index < -0.39 is 0 Å². The molecule has 0 aliphatic rings. The van der Waals surface area contributed by atoms with Crippen molar-refractivity contribution >= 4 is 34.3 Å². The molecule has 0 unspecified atom stereocenters. The smallest absolute Gasteiger partial charge is 0.154 e. The number of carbonyl (C=O) groups excluding carboxylic acids is 1. The molecule has 0 fully saturated rings. The van der Waals surface area contributed by atoms with Gasteiger partial charge in [-0.15, -0.1) is 11.3 Å². The number of para-hydroxylation sites is 1. The lowest BCUT2D eigenvalue weighted by atomic mass is 10.2. The number of fused-ring (bicyclic) bond motifs is 1. The number of aromatic amines is 1. The molecule has 0 atom stereocenters. The fourth-order valence-electron chi connectivity index (χ4n) is 2.01. The number of benzene rings is 1. The molecule has 4 heteroatoms. The van der Waals surface area contributed by atoms with E-state index in [-0.39, 0.29) is 0 Å². The highest BCUT2D eigenvalue weighted by molar-refractivity contribution is 7.09. The first kappa shape index (κ1) is 11.0. The standard InChI is InChI=1S/C14H12N2OS/c17-9-12-11-5-1-2-6-13(11)16-14(12)15-8-10-4-3-7-18-10/h1-7,9,15-16H,8H2. The number of hydrogen-bond donors (Lipinski definition) is 2. The second kappa shape index (κ2) is 4.66. The Morgan fingerprint density at radius 2 is 2.11 bits per heavy atom. The third-order valence-electron chi connectivity index (χ3n) is 2.88. The minimum Gasteiger partial charge on any atom is -0.366 e. The maximum Gasteiger partial charge on any atom is 0.154 e. The third-order valence-corrected chi connectivity index (χ3v) is 3.76. The van der Waals surface area contributed by atoms with Gasteiger partial charge in [0.1, 0.15) is 5.82 Å². The Morgan fingerprint density at radius 1 is 1.22 bits per heavy atom. The zero-order chi connectivity index (χ0) is 12.4. The normalized spacial score (nSPS) is 10.7. The fraction of sp³-hybridized carbons (Fsp3) is 0.0714. The Balaban J connectivity index is 1.93. The van der Waals surface area contributed by atoms with Crippen molar-refractivity contribution in [3.05, 3.63) is 52.2 Å². The topological polar surface area (TPSA) is 44.9 Å². The Bertz CT molecular complexity index is 670. The van der Waals surface area contributed by atoms with Crippen LogP contribution in [0.4, 0.5) is 5.82 Å². The quantitative estimate of drug-likeness (QED) is 0.700. The van der Waals surface area contributed by atoms with E-state index in [0.29, 0.717) is 5.56 Å². The monoisotopic (exact) mass is 256 g/mol. The van der Waals surface area contributed by atoms with Crippen molar-refractivity contribution < 1.29 is 4.79 Å². The van der Waals surface area contributed by atoms with Crippen LogP contribution < -0.4 is 5.32 Å². The van der Waals surface area contributed by atoms with Gasteiger partial charge < -0.3 is 10.3 Å². The van der Waals surface area contributed by atoms with E-state index in [4.69, 9.17) is 0 Å². The molecule has 18 heavy (non-hydrogen) atoms. The summed E-state index contributed by atoms with van der Waals surface area (Å²) in [6.45, 7) is 0.728. The fourth-order valence-corrected chi connectivity index (χ4v) is 2.66. The molecule has 0 spiro atoms. The Labute approximate surface area is 108 Å². The van der Waals surface area contributed by atoms with Crippen molar-refractivity contribution in [1.82, 2.24) is 4.98 Å². The molecule has 0 radical (unpaired) electrons. The van der Waals surface area contributed by atoms with Crippen LogP contribution in [0.1, 0.15) is 15.2 Å². The average molecular weight is 256 g/mol. The highest BCUT2D eigenvalue weighted by atomic mass is 32.1. The largest absolute Gasteiger partial charge is 0.366 e. The molecule has 0 aliphatic heterocycles. The Morgan fingerprint density at radius 3 is 2.89 bits per heavy atom. The summed E-state index contributed by atoms with van der Waals surface area (Å²) in [5.74, 6) is 0.791. The van der Waals surface area contributed by atoms with Crippen LogP contribution in [-0.4, -0.2) is 11.3 Å².